The monoisotopic (exact) mass is 474 g/mol. The molecule has 1 aliphatic rings. The molecule has 34 heavy (non-hydrogen) atoms. The van der Waals surface area contributed by atoms with Gasteiger partial charge >= 0.3 is 0 Å². The lowest BCUT2D eigenvalue weighted by molar-refractivity contribution is 0.0986. The van der Waals surface area contributed by atoms with E-state index in [9.17, 15) is 14.0 Å². The Morgan fingerprint density at radius 3 is 2.74 bits per heavy atom. The van der Waals surface area contributed by atoms with Crippen molar-refractivity contribution >= 4 is 34.8 Å². The minimum atomic E-state index is -0.491. The zero-order chi connectivity index (χ0) is 23.8. The van der Waals surface area contributed by atoms with E-state index < -0.39 is 11.7 Å². The maximum atomic E-state index is 13.6. The molecule has 0 unspecified atom stereocenters. The van der Waals surface area contributed by atoms with Gasteiger partial charge in [-0.1, -0.05) is 35.9 Å². The molecule has 5 rings (SSSR count). The van der Waals surface area contributed by atoms with Gasteiger partial charge < -0.3 is 10.2 Å². The molecule has 1 aromatic heterocycles. The van der Waals surface area contributed by atoms with Crippen LogP contribution in [0, 0.1) is 12.7 Å². The Balaban J connectivity index is 1.42. The Hall–Kier alpha value is -3.97. The van der Waals surface area contributed by atoms with E-state index in [1.54, 1.807) is 36.2 Å². The molecule has 170 valence electrons. The van der Waals surface area contributed by atoms with Crippen molar-refractivity contribution in [1.82, 2.24) is 10.2 Å². The number of carbonyl (C=O) groups excluding carboxylic acids is 2. The van der Waals surface area contributed by atoms with Crippen LogP contribution in [0.4, 0.5) is 15.8 Å². The predicted molar refractivity (Wildman–Crippen MR) is 130 cm³/mol. The molecule has 0 radical (unpaired) electrons. The molecule has 2 heterocycles. The van der Waals surface area contributed by atoms with Crippen LogP contribution in [0.25, 0.3) is 11.3 Å². The Morgan fingerprint density at radius 2 is 1.91 bits per heavy atom. The van der Waals surface area contributed by atoms with E-state index in [0.717, 1.165) is 22.5 Å². The predicted octanol–water partition coefficient (Wildman–Crippen LogP) is 5.63. The second-order valence-electron chi connectivity index (χ2n) is 8.10. The van der Waals surface area contributed by atoms with Gasteiger partial charge in [-0.05, 0) is 60.9 Å². The van der Waals surface area contributed by atoms with Crippen LogP contribution in [0.5, 0.6) is 0 Å². The number of rotatable bonds is 3. The highest BCUT2D eigenvalue weighted by Crippen LogP contribution is 2.36. The van der Waals surface area contributed by atoms with Gasteiger partial charge in [-0.3, -0.25) is 14.7 Å². The highest BCUT2D eigenvalue weighted by atomic mass is 35.5. The first kappa shape index (κ1) is 21.9. The highest BCUT2D eigenvalue weighted by Gasteiger charge is 2.27. The maximum absolute atomic E-state index is 13.6. The third-order valence-electron chi connectivity index (χ3n) is 5.93. The van der Waals surface area contributed by atoms with Crippen molar-refractivity contribution < 1.29 is 14.0 Å². The summed E-state index contributed by atoms with van der Waals surface area (Å²) in [4.78, 5) is 27.9. The van der Waals surface area contributed by atoms with Gasteiger partial charge in [0.15, 0.2) is 0 Å². The fourth-order valence-corrected chi connectivity index (χ4v) is 4.43. The first-order valence-electron chi connectivity index (χ1n) is 10.7. The van der Waals surface area contributed by atoms with Crippen molar-refractivity contribution in [3.05, 3.63) is 100.0 Å². The number of H-pyrrole nitrogens is 1. The lowest BCUT2D eigenvalue weighted by atomic mass is 10.1. The number of nitrogens with one attached hydrogen (secondary N) is 2. The molecule has 0 aliphatic carbocycles. The van der Waals surface area contributed by atoms with Crippen molar-refractivity contribution in [3.63, 3.8) is 0 Å². The normalized spacial score (nSPS) is 12.5. The summed E-state index contributed by atoms with van der Waals surface area (Å²) in [6, 6.07) is 16.4. The van der Waals surface area contributed by atoms with Gasteiger partial charge in [-0.2, -0.15) is 5.10 Å². The molecular weight excluding hydrogens is 455 g/mol. The smallest absolute Gasteiger partial charge is 0.259 e. The fourth-order valence-electron chi connectivity index (χ4n) is 4.17. The molecule has 0 fully saturated rings. The zero-order valence-corrected chi connectivity index (χ0v) is 19.0. The minimum absolute atomic E-state index is 0.209. The number of anilines is 2. The van der Waals surface area contributed by atoms with Crippen LogP contribution in [0.1, 0.15) is 31.8 Å². The number of hydrogen-bond acceptors (Lipinski definition) is 3. The molecule has 0 atom stereocenters. The number of aryl methyl sites for hydroxylation is 1. The molecule has 2 amide bonds. The number of benzene rings is 3. The van der Waals surface area contributed by atoms with Crippen molar-refractivity contribution in [1.29, 1.82) is 0 Å². The fraction of sp³-hybridized carbons (Fsp3) is 0.115. The van der Waals surface area contributed by atoms with E-state index in [1.165, 1.54) is 18.2 Å². The van der Waals surface area contributed by atoms with Crippen LogP contribution in [-0.4, -0.2) is 28.6 Å². The van der Waals surface area contributed by atoms with Crippen molar-refractivity contribution in [2.24, 2.45) is 0 Å². The van der Waals surface area contributed by atoms with Crippen molar-refractivity contribution in [2.75, 3.05) is 16.8 Å². The van der Waals surface area contributed by atoms with Gasteiger partial charge in [0, 0.05) is 23.4 Å². The van der Waals surface area contributed by atoms with E-state index in [2.05, 4.69) is 15.5 Å². The first-order valence-corrected chi connectivity index (χ1v) is 11.1. The number of aromatic nitrogens is 2. The van der Waals surface area contributed by atoms with Crippen LogP contribution in [0.2, 0.25) is 5.02 Å². The summed E-state index contributed by atoms with van der Waals surface area (Å²) in [5.74, 6) is -1.19. The average Bonchev–Trinajstić information content (AvgIpc) is 3.23. The van der Waals surface area contributed by atoms with Crippen LogP contribution in [-0.2, 0) is 6.42 Å². The highest BCUT2D eigenvalue weighted by molar-refractivity contribution is 6.35. The topological polar surface area (TPSA) is 78.1 Å². The summed E-state index contributed by atoms with van der Waals surface area (Å²) >= 11 is 6.49. The van der Waals surface area contributed by atoms with Gasteiger partial charge in [0.25, 0.3) is 11.8 Å². The summed E-state index contributed by atoms with van der Waals surface area (Å²) in [6.07, 6.45) is 2.43. The molecular formula is C26H20ClFN4O2. The average molecular weight is 475 g/mol. The lowest BCUT2D eigenvalue weighted by Crippen LogP contribution is -2.32. The van der Waals surface area contributed by atoms with Crippen LogP contribution in [0.3, 0.4) is 0 Å². The maximum Gasteiger partial charge on any atom is 0.259 e. The molecule has 0 saturated heterocycles. The lowest BCUT2D eigenvalue weighted by Gasteiger charge is -2.23. The molecule has 4 aromatic rings. The third-order valence-corrected chi connectivity index (χ3v) is 6.25. The number of nitrogens with zero attached hydrogens (tertiary/aromatic N) is 2. The second kappa shape index (κ2) is 8.76. The summed E-state index contributed by atoms with van der Waals surface area (Å²) in [5.41, 5.74) is 5.22. The van der Waals surface area contributed by atoms with E-state index in [-0.39, 0.29) is 16.5 Å². The number of halogens is 2. The van der Waals surface area contributed by atoms with E-state index >= 15 is 0 Å². The van der Waals surface area contributed by atoms with Gasteiger partial charge in [-0.25, -0.2) is 4.39 Å². The number of hydrogen-bond donors (Lipinski definition) is 2. The zero-order valence-electron chi connectivity index (χ0n) is 18.2. The number of amides is 2. The number of carbonyl (C=O) groups is 2. The number of fused-ring (bicyclic) bond motifs is 3. The van der Waals surface area contributed by atoms with E-state index in [4.69, 9.17) is 11.6 Å². The van der Waals surface area contributed by atoms with Gasteiger partial charge in [0.05, 0.1) is 28.2 Å². The van der Waals surface area contributed by atoms with Crippen LogP contribution in [0.15, 0.2) is 66.9 Å². The molecule has 1 aliphatic heterocycles. The summed E-state index contributed by atoms with van der Waals surface area (Å²) in [5, 5.41) is 10.1. The van der Waals surface area contributed by atoms with Crippen molar-refractivity contribution in [2.45, 2.75) is 13.3 Å². The van der Waals surface area contributed by atoms with Crippen LogP contribution < -0.4 is 10.2 Å². The molecule has 6 nitrogen and oxygen atoms in total. The Kier molecular flexibility index (Phi) is 5.63. The first-order chi connectivity index (χ1) is 16.4. The molecule has 2 N–H and O–H groups in total. The van der Waals surface area contributed by atoms with Gasteiger partial charge in [0.1, 0.15) is 5.82 Å². The Morgan fingerprint density at radius 1 is 1.09 bits per heavy atom. The summed E-state index contributed by atoms with van der Waals surface area (Å²) < 4.78 is 13.6. The summed E-state index contributed by atoms with van der Waals surface area (Å²) in [7, 11) is 0. The van der Waals surface area contributed by atoms with E-state index in [0.29, 0.717) is 29.8 Å². The van der Waals surface area contributed by atoms with Crippen molar-refractivity contribution in [3.8, 4) is 11.3 Å². The molecule has 0 spiro atoms. The van der Waals surface area contributed by atoms with Gasteiger partial charge in [-0.15, -0.1) is 0 Å². The molecule has 0 saturated carbocycles. The Labute approximate surface area is 200 Å². The summed E-state index contributed by atoms with van der Waals surface area (Å²) in [6.45, 7) is 2.20. The standard InChI is InChI=1S/C26H20ClFN4O2/c1-15-6-7-17(28)12-21(15)25(33)30-18-8-9-19(22(27)13-18)26(34)32-11-10-16-14-29-31-24(16)20-4-2-3-5-23(20)32/h2-9,12-14H,10-11H2,1H3,(H,29,31)(H,30,33). The quantitative estimate of drug-likeness (QED) is 0.403. The minimum Gasteiger partial charge on any atom is -0.322 e. The Bertz CT molecular complexity index is 1430. The number of aromatic amines is 1. The van der Waals surface area contributed by atoms with Crippen LogP contribution >= 0.6 is 11.6 Å². The molecule has 3 aromatic carbocycles. The third kappa shape index (κ3) is 3.95. The molecule has 8 heteroatoms. The molecule has 0 bridgehead atoms. The second-order valence-corrected chi connectivity index (χ2v) is 8.51. The SMILES string of the molecule is Cc1ccc(F)cc1C(=O)Nc1ccc(C(=O)N2CCc3cn[nH]c3-c3ccccc32)c(Cl)c1. The van der Waals surface area contributed by atoms with E-state index in [1.807, 2.05) is 24.3 Å². The number of para-hydroxylation sites is 1. The van der Waals surface area contributed by atoms with Gasteiger partial charge in [0.2, 0.25) is 0 Å². The largest absolute Gasteiger partial charge is 0.322 e.